The third-order valence-corrected chi connectivity index (χ3v) is 3.53. The van der Waals surface area contributed by atoms with Crippen molar-refractivity contribution in [1.29, 1.82) is 0 Å². The van der Waals surface area contributed by atoms with Crippen molar-refractivity contribution in [2.24, 2.45) is 5.10 Å². The van der Waals surface area contributed by atoms with Crippen LogP contribution in [0.2, 0.25) is 0 Å². The van der Waals surface area contributed by atoms with E-state index >= 15 is 0 Å². The van der Waals surface area contributed by atoms with Crippen molar-refractivity contribution >= 4 is 17.3 Å². The second kappa shape index (κ2) is 5.24. The summed E-state index contributed by atoms with van der Waals surface area (Å²) in [7, 11) is 0. The molecule has 1 aliphatic rings. The van der Waals surface area contributed by atoms with E-state index in [1.165, 1.54) is 0 Å². The number of hydrogen-bond acceptors (Lipinski definition) is 2. The number of nitrogens with zero attached hydrogens (tertiary/aromatic N) is 1. The third kappa shape index (κ3) is 2.60. The lowest BCUT2D eigenvalue weighted by molar-refractivity contribution is -0.414. The maximum Gasteiger partial charge on any atom is 0.460 e. The van der Waals surface area contributed by atoms with Crippen molar-refractivity contribution in [2.45, 2.75) is 48.2 Å². The van der Waals surface area contributed by atoms with Gasteiger partial charge in [-0.2, -0.15) is 53.4 Å². The zero-order chi connectivity index (χ0) is 18.6. The maximum absolute atomic E-state index is 13.6. The van der Waals surface area contributed by atoms with E-state index in [2.05, 4.69) is 5.10 Å². The van der Waals surface area contributed by atoms with E-state index in [1.807, 2.05) is 0 Å². The second-order valence-corrected chi connectivity index (χ2v) is 5.08. The van der Waals surface area contributed by atoms with Gasteiger partial charge in [-0.1, -0.05) is 0 Å². The van der Waals surface area contributed by atoms with Crippen molar-refractivity contribution in [2.75, 3.05) is 0 Å². The van der Waals surface area contributed by atoms with Gasteiger partial charge in [0.25, 0.3) is 0 Å². The molecule has 23 heavy (non-hydrogen) atoms. The predicted octanol–water partition coefficient (Wildman–Crippen LogP) is 4.05. The molecule has 0 spiro atoms. The fraction of sp³-hybridized carbons (Fsp3) is 0.889. The summed E-state index contributed by atoms with van der Waals surface area (Å²) >= 11 is 5.21. The lowest BCUT2D eigenvalue weighted by atomic mass is 9.93. The van der Waals surface area contributed by atoms with Gasteiger partial charge in [0.15, 0.2) is 0 Å². The quantitative estimate of drug-likeness (QED) is 0.572. The molecular weight excluding hydrogens is 381 g/mol. The van der Waals surface area contributed by atoms with Crippen LogP contribution in [0.4, 0.5) is 48.3 Å². The van der Waals surface area contributed by atoms with Gasteiger partial charge in [-0.15, -0.1) is 11.6 Å². The highest BCUT2D eigenvalue weighted by Crippen LogP contribution is 2.58. The molecule has 0 saturated heterocycles. The lowest BCUT2D eigenvalue weighted by Gasteiger charge is -2.37. The van der Waals surface area contributed by atoms with E-state index in [0.29, 0.717) is 0 Å². The summed E-state index contributed by atoms with van der Waals surface area (Å²) in [5.74, 6) is -28.2. The maximum atomic E-state index is 13.6. The molecule has 1 aliphatic heterocycles. The Bertz CT molecular complexity index is 498. The van der Waals surface area contributed by atoms with E-state index < -0.39 is 47.0 Å². The van der Waals surface area contributed by atoms with Crippen molar-refractivity contribution in [3.8, 4) is 0 Å². The molecule has 1 heterocycles. The molecular formula is C9H6ClF11N2. The predicted molar refractivity (Wildman–Crippen MR) is 55.5 cm³/mol. The summed E-state index contributed by atoms with van der Waals surface area (Å²) in [5.41, 5.74) is -0.466. The highest BCUT2D eigenvalue weighted by Gasteiger charge is 2.88. The molecule has 136 valence electrons. The molecule has 0 radical (unpaired) electrons. The van der Waals surface area contributed by atoms with Crippen molar-refractivity contribution in [3.05, 3.63) is 0 Å². The van der Waals surface area contributed by atoms with Crippen LogP contribution in [-0.4, -0.2) is 47.0 Å². The summed E-state index contributed by atoms with van der Waals surface area (Å²) in [4.78, 5) is 0. The summed E-state index contributed by atoms with van der Waals surface area (Å²) < 4.78 is 141. The molecule has 0 unspecified atom stereocenters. The van der Waals surface area contributed by atoms with E-state index in [-0.39, 0.29) is 0 Å². The third-order valence-electron chi connectivity index (χ3n) is 2.95. The van der Waals surface area contributed by atoms with Crippen LogP contribution < -0.4 is 5.43 Å². The van der Waals surface area contributed by atoms with Gasteiger partial charge in [0.1, 0.15) is 11.1 Å². The van der Waals surface area contributed by atoms with Crippen LogP contribution in [-0.2, 0) is 0 Å². The van der Waals surface area contributed by atoms with Gasteiger partial charge < -0.3 is 5.43 Å². The highest BCUT2D eigenvalue weighted by atomic mass is 35.5. The van der Waals surface area contributed by atoms with E-state index in [0.717, 1.165) is 6.92 Å². The smallest absolute Gasteiger partial charge is 0.305 e. The van der Waals surface area contributed by atoms with Gasteiger partial charge >= 0.3 is 29.9 Å². The molecule has 0 amide bonds. The van der Waals surface area contributed by atoms with Crippen molar-refractivity contribution in [1.82, 2.24) is 5.43 Å². The summed E-state index contributed by atoms with van der Waals surface area (Å²) in [6, 6.07) is -1.27. The van der Waals surface area contributed by atoms with Gasteiger partial charge in [0.2, 0.25) is 0 Å². The molecule has 0 bridgehead atoms. The van der Waals surface area contributed by atoms with Crippen LogP contribution in [0.3, 0.4) is 0 Å². The van der Waals surface area contributed by atoms with Gasteiger partial charge in [-0.05, 0) is 6.92 Å². The number of nitrogens with one attached hydrogen (secondary N) is 1. The summed E-state index contributed by atoms with van der Waals surface area (Å²) in [6.45, 7) is 1.00. The Morgan fingerprint density at radius 3 is 1.57 bits per heavy atom. The number of hydrazone groups is 1. The SMILES string of the molecule is C[C@@H]1NN=C(C(F)(F)C(F)(F)C(F)(F)C(F)(F)C(F)(F)F)[C@H]1Cl. The molecule has 0 aromatic rings. The van der Waals surface area contributed by atoms with Gasteiger partial charge in [0, 0.05) is 0 Å². The zero-order valence-electron chi connectivity index (χ0n) is 10.6. The number of rotatable bonds is 4. The van der Waals surface area contributed by atoms with E-state index in [1.54, 1.807) is 5.43 Å². The highest BCUT2D eigenvalue weighted by molar-refractivity contribution is 6.34. The Labute approximate surface area is 125 Å². The van der Waals surface area contributed by atoms with Crippen LogP contribution in [0.1, 0.15) is 6.92 Å². The topological polar surface area (TPSA) is 24.4 Å². The molecule has 2 atom stereocenters. The van der Waals surface area contributed by atoms with Gasteiger partial charge in [0.05, 0.1) is 6.04 Å². The van der Waals surface area contributed by atoms with Crippen LogP contribution >= 0.6 is 11.6 Å². The van der Waals surface area contributed by atoms with Crippen LogP contribution in [0.5, 0.6) is 0 Å². The van der Waals surface area contributed by atoms with E-state index in [9.17, 15) is 48.3 Å². The Morgan fingerprint density at radius 2 is 1.26 bits per heavy atom. The number of alkyl halides is 12. The average Bonchev–Trinajstić information content (AvgIpc) is 2.68. The Balaban J connectivity index is 3.39. The number of hydrogen-bond donors (Lipinski definition) is 1. The molecule has 2 nitrogen and oxygen atoms in total. The Hall–Kier alpha value is -1.01. The van der Waals surface area contributed by atoms with Crippen molar-refractivity contribution in [3.63, 3.8) is 0 Å². The minimum atomic E-state index is -7.47. The average molecular weight is 387 g/mol. The van der Waals surface area contributed by atoms with Crippen LogP contribution in [0.15, 0.2) is 5.10 Å². The fourth-order valence-corrected chi connectivity index (χ4v) is 1.75. The monoisotopic (exact) mass is 386 g/mol. The first-order chi connectivity index (χ1) is 9.93. The molecule has 14 heteroatoms. The van der Waals surface area contributed by atoms with Crippen molar-refractivity contribution < 1.29 is 48.3 Å². The standard InChI is InChI=1S/C9H6ClF11N2/c1-2-3(10)4(23-22-2)5(11,12)6(13,14)7(15,16)8(17,18)9(19,20)21/h2-3,22H,1H3/t2-,3-/m0/s1. The number of halogens is 12. The molecule has 1 rings (SSSR count). The zero-order valence-corrected chi connectivity index (χ0v) is 11.4. The second-order valence-electron chi connectivity index (χ2n) is 4.61. The van der Waals surface area contributed by atoms with Crippen LogP contribution in [0.25, 0.3) is 0 Å². The molecule has 0 saturated carbocycles. The molecule has 0 aromatic heterocycles. The first-order valence-corrected chi connectivity index (χ1v) is 5.92. The minimum Gasteiger partial charge on any atom is -0.305 e. The molecule has 0 aromatic carbocycles. The molecule has 0 aliphatic carbocycles. The minimum absolute atomic E-state index is 1.00. The summed E-state index contributed by atoms with van der Waals surface area (Å²) in [5, 5.41) is 0.406. The van der Waals surface area contributed by atoms with Gasteiger partial charge in [-0.25, -0.2) is 0 Å². The molecule has 1 N–H and O–H groups in total. The summed E-state index contributed by atoms with van der Waals surface area (Å²) in [6.07, 6.45) is -7.20. The first kappa shape index (κ1) is 20.0. The normalized spacial score (nSPS) is 24.5. The molecule has 0 fully saturated rings. The lowest BCUT2D eigenvalue weighted by Crippen LogP contribution is -2.68. The Morgan fingerprint density at radius 1 is 0.826 bits per heavy atom. The largest absolute Gasteiger partial charge is 0.460 e. The first-order valence-electron chi connectivity index (χ1n) is 5.48. The Kier molecular flexibility index (Phi) is 4.57. The fourth-order valence-electron chi connectivity index (χ4n) is 1.51. The van der Waals surface area contributed by atoms with Crippen LogP contribution in [0, 0.1) is 0 Å². The van der Waals surface area contributed by atoms with E-state index in [4.69, 9.17) is 11.6 Å². The van der Waals surface area contributed by atoms with Gasteiger partial charge in [-0.3, -0.25) is 0 Å².